The number of aliphatic imine (C=N–C) groups is 1. The molecule has 110 valence electrons. The second-order valence-corrected chi connectivity index (χ2v) is 5.43. The highest BCUT2D eigenvalue weighted by molar-refractivity contribution is 5.78. The van der Waals surface area contributed by atoms with E-state index in [-0.39, 0.29) is 0 Å². The van der Waals surface area contributed by atoms with Crippen LogP contribution in [0.25, 0.3) is 0 Å². The summed E-state index contributed by atoms with van der Waals surface area (Å²) in [6.07, 6.45) is 6.37. The van der Waals surface area contributed by atoms with Gasteiger partial charge in [0.1, 0.15) is 0 Å². The van der Waals surface area contributed by atoms with Crippen molar-refractivity contribution in [3.05, 3.63) is 35.4 Å². The first-order valence-electron chi connectivity index (χ1n) is 7.41. The van der Waals surface area contributed by atoms with Crippen LogP contribution in [0.4, 0.5) is 0 Å². The van der Waals surface area contributed by atoms with Gasteiger partial charge in [0.2, 0.25) is 0 Å². The fourth-order valence-electron chi connectivity index (χ4n) is 2.59. The quantitative estimate of drug-likeness (QED) is 0.641. The van der Waals surface area contributed by atoms with Gasteiger partial charge in [0, 0.05) is 13.2 Å². The zero-order valence-corrected chi connectivity index (χ0v) is 12.3. The molecule has 0 unspecified atom stereocenters. The maximum Gasteiger partial charge on any atom is 0.189 e. The van der Waals surface area contributed by atoms with Gasteiger partial charge in [0.15, 0.2) is 5.96 Å². The molecule has 0 spiro atoms. The molecule has 1 aromatic rings. The van der Waals surface area contributed by atoms with Crippen molar-refractivity contribution in [2.45, 2.75) is 51.3 Å². The first-order valence-corrected chi connectivity index (χ1v) is 7.41. The first kappa shape index (κ1) is 14.9. The molecule has 0 aromatic heterocycles. The molecule has 2 rings (SSSR count). The summed E-state index contributed by atoms with van der Waals surface area (Å²) in [5.41, 5.74) is 8.29. The van der Waals surface area contributed by atoms with Crippen molar-refractivity contribution in [3.63, 3.8) is 0 Å². The molecule has 0 heterocycles. The van der Waals surface area contributed by atoms with E-state index in [1.54, 1.807) is 7.11 Å². The van der Waals surface area contributed by atoms with Crippen LogP contribution < -0.4 is 11.1 Å². The van der Waals surface area contributed by atoms with Crippen LogP contribution in [0.3, 0.4) is 0 Å². The van der Waals surface area contributed by atoms with E-state index in [1.165, 1.54) is 43.2 Å². The van der Waals surface area contributed by atoms with E-state index in [2.05, 4.69) is 34.6 Å². The molecule has 0 radical (unpaired) electrons. The average molecular weight is 275 g/mol. The number of nitrogens with one attached hydrogen (secondary N) is 1. The summed E-state index contributed by atoms with van der Waals surface area (Å²) in [7, 11) is 1.70. The third-order valence-corrected chi connectivity index (χ3v) is 3.72. The summed E-state index contributed by atoms with van der Waals surface area (Å²) in [6.45, 7) is 1.27. The second kappa shape index (κ2) is 7.90. The van der Waals surface area contributed by atoms with Crippen LogP contribution >= 0.6 is 0 Å². The maximum atomic E-state index is 5.95. The van der Waals surface area contributed by atoms with E-state index < -0.39 is 0 Å². The molecule has 0 aliphatic heterocycles. The van der Waals surface area contributed by atoms with Crippen LogP contribution in [-0.2, 0) is 17.9 Å². The molecule has 20 heavy (non-hydrogen) atoms. The molecule has 0 saturated heterocycles. The molecule has 0 atom stereocenters. The molecule has 1 fully saturated rings. The topological polar surface area (TPSA) is 59.6 Å². The Labute approximate surface area is 121 Å². The Bertz CT molecular complexity index is 422. The van der Waals surface area contributed by atoms with Crippen molar-refractivity contribution in [1.29, 1.82) is 0 Å². The monoisotopic (exact) mass is 275 g/mol. The number of guanidine groups is 1. The van der Waals surface area contributed by atoms with Crippen LogP contribution in [0.1, 0.15) is 43.2 Å². The minimum absolute atomic E-state index is 0.511. The Balaban J connectivity index is 1.81. The van der Waals surface area contributed by atoms with Gasteiger partial charge in [0.25, 0.3) is 0 Å². The maximum absolute atomic E-state index is 5.95. The molecular weight excluding hydrogens is 250 g/mol. The van der Waals surface area contributed by atoms with E-state index in [9.17, 15) is 0 Å². The molecule has 1 aliphatic carbocycles. The number of ether oxygens (including phenoxy) is 1. The van der Waals surface area contributed by atoms with Crippen molar-refractivity contribution in [3.8, 4) is 0 Å². The lowest BCUT2D eigenvalue weighted by Crippen LogP contribution is -2.41. The van der Waals surface area contributed by atoms with Gasteiger partial charge < -0.3 is 15.8 Å². The number of benzene rings is 1. The fraction of sp³-hybridized carbons (Fsp3) is 0.562. The van der Waals surface area contributed by atoms with Crippen LogP contribution in [0.2, 0.25) is 0 Å². The lowest BCUT2D eigenvalue weighted by molar-refractivity contribution is 0.185. The third kappa shape index (κ3) is 4.85. The smallest absolute Gasteiger partial charge is 0.189 e. The van der Waals surface area contributed by atoms with Gasteiger partial charge in [0.05, 0.1) is 13.2 Å². The van der Waals surface area contributed by atoms with Gasteiger partial charge >= 0.3 is 0 Å². The number of nitrogens with two attached hydrogens (primary N) is 1. The number of nitrogens with zero attached hydrogens (tertiary/aromatic N) is 1. The fourth-order valence-corrected chi connectivity index (χ4v) is 2.59. The van der Waals surface area contributed by atoms with Gasteiger partial charge in [-0.2, -0.15) is 0 Å². The zero-order chi connectivity index (χ0) is 14.2. The summed E-state index contributed by atoms with van der Waals surface area (Å²) >= 11 is 0. The summed E-state index contributed by atoms with van der Waals surface area (Å²) < 4.78 is 5.09. The summed E-state index contributed by atoms with van der Waals surface area (Å²) in [5.74, 6) is 0.567. The third-order valence-electron chi connectivity index (χ3n) is 3.72. The van der Waals surface area contributed by atoms with Crippen LogP contribution in [0, 0.1) is 0 Å². The van der Waals surface area contributed by atoms with E-state index in [0.29, 0.717) is 25.2 Å². The van der Waals surface area contributed by atoms with E-state index in [1.807, 2.05) is 0 Å². The SMILES string of the molecule is COCc1ccc(CN=C(N)NC2CCCCC2)cc1. The summed E-state index contributed by atoms with van der Waals surface area (Å²) in [6, 6.07) is 8.80. The van der Waals surface area contributed by atoms with E-state index in [4.69, 9.17) is 10.5 Å². The molecular formula is C16H25N3O. The predicted octanol–water partition coefficient (Wildman–Crippen LogP) is 2.57. The largest absolute Gasteiger partial charge is 0.380 e. The summed E-state index contributed by atoms with van der Waals surface area (Å²) in [4.78, 5) is 4.42. The highest BCUT2D eigenvalue weighted by Gasteiger charge is 2.13. The molecule has 1 saturated carbocycles. The van der Waals surface area contributed by atoms with Gasteiger partial charge in [-0.1, -0.05) is 43.5 Å². The molecule has 4 nitrogen and oxygen atoms in total. The molecule has 3 N–H and O–H groups in total. The normalized spacial score (nSPS) is 17.1. The highest BCUT2D eigenvalue weighted by atomic mass is 16.5. The molecule has 0 bridgehead atoms. The Hall–Kier alpha value is -1.55. The minimum atomic E-state index is 0.511. The van der Waals surface area contributed by atoms with E-state index in [0.717, 1.165) is 0 Å². The summed E-state index contributed by atoms with van der Waals surface area (Å²) in [5, 5.41) is 3.33. The van der Waals surface area contributed by atoms with E-state index >= 15 is 0 Å². The average Bonchev–Trinajstić information content (AvgIpc) is 2.48. The Morgan fingerprint density at radius 3 is 2.50 bits per heavy atom. The molecule has 0 amide bonds. The van der Waals surface area contributed by atoms with Crippen LogP contribution in [0.15, 0.2) is 29.3 Å². The highest BCUT2D eigenvalue weighted by Crippen LogP contribution is 2.17. The molecule has 4 heteroatoms. The Morgan fingerprint density at radius 1 is 1.20 bits per heavy atom. The van der Waals surface area contributed by atoms with Gasteiger partial charge in [-0.05, 0) is 24.0 Å². The molecule has 1 aromatic carbocycles. The molecule has 1 aliphatic rings. The van der Waals surface area contributed by atoms with Crippen molar-refractivity contribution in [2.24, 2.45) is 10.7 Å². The second-order valence-electron chi connectivity index (χ2n) is 5.43. The van der Waals surface area contributed by atoms with Gasteiger partial charge in [-0.15, -0.1) is 0 Å². The van der Waals surface area contributed by atoms with Crippen molar-refractivity contribution in [1.82, 2.24) is 5.32 Å². The zero-order valence-electron chi connectivity index (χ0n) is 12.3. The van der Waals surface area contributed by atoms with Crippen LogP contribution in [-0.4, -0.2) is 19.1 Å². The van der Waals surface area contributed by atoms with Gasteiger partial charge in [-0.25, -0.2) is 4.99 Å². The van der Waals surface area contributed by atoms with Crippen LogP contribution in [0.5, 0.6) is 0 Å². The number of rotatable bonds is 5. The lowest BCUT2D eigenvalue weighted by Gasteiger charge is -2.23. The number of hydrogen-bond acceptors (Lipinski definition) is 2. The first-order chi connectivity index (χ1) is 9.78. The van der Waals surface area contributed by atoms with Crippen molar-refractivity contribution >= 4 is 5.96 Å². The predicted molar refractivity (Wildman–Crippen MR) is 82.5 cm³/mol. The Kier molecular flexibility index (Phi) is 5.87. The number of hydrogen-bond donors (Lipinski definition) is 2. The number of methoxy groups -OCH3 is 1. The lowest BCUT2D eigenvalue weighted by atomic mass is 9.96. The van der Waals surface area contributed by atoms with Crippen molar-refractivity contribution in [2.75, 3.05) is 7.11 Å². The van der Waals surface area contributed by atoms with Gasteiger partial charge in [-0.3, -0.25) is 0 Å². The minimum Gasteiger partial charge on any atom is -0.380 e. The van der Waals surface area contributed by atoms with Crippen molar-refractivity contribution < 1.29 is 4.74 Å². The Morgan fingerprint density at radius 2 is 1.85 bits per heavy atom. The standard InChI is InChI=1S/C16H25N3O/c1-20-12-14-9-7-13(8-10-14)11-18-16(17)19-15-5-3-2-4-6-15/h7-10,15H,2-6,11-12H2,1H3,(H3,17,18,19).